The monoisotopic (exact) mass is 202 g/mol. The molecule has 0 aliphatic rings. The second-order valence-electron chi connectivity index (χ2n) is 2.48. The van der Waals surface area contributed by atoms with Crippen molar-refractivity contribution in [3.8, 4) is 5.75 Å². The third kappa shape index (κ3) is 2.77. The fourth-order valence-electron chi connectivity index (χ4n) is 0.825. The van der Waals surface area contributed by atoms with Crippen molar-refractivity contribution < 1.29 is 23.0 Å². The first-order valence-electron chi connectivity index (χ1n) is 3.78. The summed E-state index contributed by atoms with van der Waals surface area (Å²) < 4.78 is 34.4. The maximum atomic E-state index is 12.9. The molecule has 0 aliphatic heterocycles. The molecule has 0 saturated heterocycles. The summed E-state index contributed by atoms with van der Waals surface area (Å²) in [6.07, 6.45) is 0. The van der Waals surface area contributed by atoms with Crippen LogP contribution in [0.5, 0.6) is 5.75 Å². The minimum Gasteiger partial charge on any atom is -0.422 e. The van der Waals surface area contributed by atoms with Crippen LogP contribution in [0.1, 0.15) is 0 Å². The van der Waals surface area contributed by atoms with E-state index in [2.05, 4.69) is 9.47 Å². The molecule has 5 heteroatoms. The molecule has 0 aromatic heterocycles. The third-order valence-electron chi connectivity index (χ3n) is 1.38. The number of carbonyl (C=O) groups is 1. The second-order valence-corrected chi connectivity index (χ2v) is 2.48. The van der Waals surface area contributed by atoms with Crippen LogP contribution in [-0.4, -0.2) is 19.7 Å². The Bertz CT molecular complexity index is 339. The molecule has 3 nitrogen and oxygen atoms in total. The first-order chi connectivity index (χ1) is 6.63. The zero-order valence-electron chi connectivity index (χ0n) is 7.42. The van der Waals surface area contributed by atoms with E-state index in [1.807, 2.05) is 0 Å². The molecular weight excluding hydrogens is 194 g/mol. The minimum atomic E-state index is -0.796. The normalized spacial score (nSPS) is 9.93. The van der Waals surface area contributed by atoms with Crippen molar-refractivity contribution in [1.82, 2.24) is 0 Å². The molecule has 0 N–H and O–H groups in total. The van der Waals surface area contributed by atoms with Gasteiger partial charge in [0.1, 0.15) is 12.4 Å². The molecule has 1 aromatic carbocycles. The van der Waals surface area contributed by atoms with E-state index in [1.54, 1.807) is 0 Å². The number of methoxy groups -OCH3 is 1. The van der Waals surface area contributed by atoms with Gasteiger partial charge in [0, 0.05) is 13.2 Å². The van der Waals surface area contributed by atoms with Gasteiger partial charge in [0.15, 0.2) is 11.6 Å². The van der Waals surface area contributed by atoms with Crippen LogP contribution >= 0.6 is 0 Å². The van der Waals surface area contributed by atoms with Gasteiger partial charge in [0.05, 0.1) is 0 Å². The third-order valence-corrected chi connectivity index (χ3v) is 1.38. The molecule has 0 fully saturated rings. The topological polar surface area (TPSA) is 35.5 Å². The van der Waals surface area contributed by atoms with Gasteiger partial charge in [-0.3, -0.25) is 0 Å². The Hall–Kier alpha value is -1.49. The highest BCUT2D eigenvalue weighted by atomic mass is 19.1. The summed E-state index contributed by atoms with van der Waals surface area (Å²) in [6.45, 7) is -0.310. The van der Waals surface area contributed by atoms with Crippen molar-refractivity contribution in [1.29, 1.82) is 0 Å². The van der Waals surface area contributed by atoms with Crippen molar-refractivity contribution >= 4 is 5.97 Å². The van der Waals surface area contributed by atoms with Gasteiger partial charge < -0.3 is 9.47 Å². The maximum absolute atomic E-state index is 12.9. The van der Waals surface area contributed by atoms with Crippen molar-refractivity contribution in [2.75, 3.05) is 13.7 Å². The van der Waals surface area contributed by atoms with Crippen LogP contribution in [-0.2, 0) is 9.53 Å². The van der Waals surface area contributed by atoms with E-state index >= 15 is 0 Å². The molecule has 0 saturated carbocycles. The van der Waals surface area contributed by atoms with Gasteiger partial charge in [-0.05, 0) is 12.1 Å². The van der Waals surface area contributed by atoms with Gasteiger partial charge in [-0.15, -0.1) is 0 Å². The minimum absolute atomic E-state index is 0.310. The molecule has 76 valence electrons. The zero-order chi connectivity index (χ0) is 10.6. The first kappa shape index (κ1) is 10.6. The molecule has 0 unspecified atom stereocenters. The Morgan fingerprint density at radius 3 is 2.79 bits per heavy atom. The smallest absolute Gasteiger partial charge is 0.337 e. The number of hydrogen-bond donors (Lipinski definition) is 0. The Kier molecular flexibility index (Phi) is 3.53. The Morgan fingerprint density at radius 2 is 2.14 bits per heavy atom. The average Bonchev–Trinajstić information content (AvgIpc) is 2.12. The summed E-state index contributed by atoms with van der Waals surface area (Å²) in [5, 5.41) is 0. The van der Waals surface area contributed by atoms with Gasteiger partial charge in [0.2, 0.25) is 0 Å². The van der Waals surface area contributed by atoms with E-state index in [0.717, 1.165) is 18.2 Å². The van der Waals surface area contributed by atoms with Gasteiger partial charge in [-0.2, -0.15) is 0 Å². The molecule has 0 bridgehead atoms. The summed E-state index contributed by atoms with van der Waals surface area (Å²) in [6, 6.07) is 2.61. The van der Waals surface area contributed by atoms with Crippen LogP contribution in [0.25, 0.3) is 0 Å². The van der Waals surface area contributed by atoms with Crippen molar-refractivity contribution in [2.45, 2.75) is 0 Å². The fourth-order valence-corrected chi connectivity index (χ4v) is 0.825. The van der Waals surface area contributed by atoms with Crippen LogP contribution in [0.3, 0.4) is 0 Å². The predicted molar refractivity (Wildman–Crippen MR) is 43.9 cm³/mol. The Labute approximate surface area is 79.2 Å². The number of hydrogen-bond acceptors (Lipinski definition) is 3. The molecule has 0 spiro atoms. The largest absolute Gasteiger partial charge is 0.422 e. The number of rotatable bonds is 3. The molecule has 0 heterocycles. The van der Waals surface area contributed by atoms with Crippen molar-refractivity contribution in [3.05, 3.63) is 29.8 Å². The molecule has 0 amide bonds. The number of carbonyl (C=O) groups excluding carboxylic acids is 1. The second kappa shape index (κ2) is 4.66. The fraction of sp³-hybridized carbons (Fsp3) is 0.222. The van der Waals surface area contributed by atoms with Gasteiger partial charge in [-0.1, -0.05) is 0 Å². The van der Waals surface area contributed by atoms with Crippen LogP contribution in [0, 0.1) is 11.6 Å². The van der Waals surface area contributed by atoms with Crippen LogP contribution < -0.4 is 4.74 Å². The van der Waals surface area contributed by atoms with Crippen molar-refractivity contribution in [3.63, 3.8) is 0 Å². The van der Waals surface area contributed by atoms with E-state index in [4.69, 9.17) is 0 Å². The lowest BCUT2D eigenvalue weighted by Gasteiger charge is -2.04. The molecule has 1 aromatic rings. The molecule has 0 atom stereocenters. The van der Waals surface area contributed by atoms with Gasteiger partial charge in [-0.25, -0.2) is 13.6 Å². The van der Waals surface area contributed by atoms with E-state index in [-0.39, 0.29) is 6.61 Å². The van der Waals surface area contributed by atoms with Gasteiger partial charge >= 0.3 is 5.97 Å². The SMILES string of the molecule is COCC(=O)Oc1cc(F)ccc1F. The molecule has 0 aliphatic carbocycles. The molecule has 14 heavy (non-hydrogen) atoms. The van der Waals surface area contributed by atoms with Crippen LogP contribution in [0.15, 0.2) is 18.2 Å². The summed E-state index contributed by atoms with van der Waals surface area (Å²) in [7, 11) is 1.29. The number of esters is 1. The number of benzene rings is 1. The highest BCUT2D eigenvalue weighted by molar-refractivity contribution is 5.73. The van der Waals surface area contributed by atoms with E-state index in [9.17, 15) is 13.6 Å². The first-order valence-corrected chi connectivity index (χ1v) is 3.78. The van der Waals surface area contributed by atoms with Gasteiger partial charge in [0.25, 0.3) is 0 Å². The molecule has 0 radical (unpaired) electrons. The number of ether oxygens (including phenoxy) is 2. The summed E-state index contributed by atoms with van der Waals surface area (Å²) in [5.74, 6) is -2.69. The van der Waals surface area contributed by atoms with E-state index in [0.29, 0.717) is 0 Å². The van der Waals surface area contributed by atoms with Crippen LogP contribution in [0.4, 0.5) is 8.78 Å². The quantitative estimate of drug-likeness (QED) is 0.550. The lowest BCUT2D eigenvalue weighted by Crippen LogP contribution is -2.14. The average molecular weight is 202 g/mol. The lowest BCUT2D eigenvalue weighted by atomic mass is 10.3. The van der Waals surface area contributed by atoms with E-state index < -0.39 is 23.4 Å². The summed E-state index contributed by atoms with van der Waals surface area (Å²) in [4.78, 5) is 10.8. The predicted octanol–water partition coefficient (Wildman–Crippen LogP) is 1.52. The highest BCUT2D eigenvalue weighted by Gasteiger charge is 2.09. The lowest BCUT2D eigenvalue weighted by molar-refractivity contribution is -0.138. The standard InChI is InChI=1S/C9H8F2O3/c1-13-5-9(12)14-8-4-6(10)2-3-7(8)11/h2-4H,5H2,1H3. The summed E-state index contributed by atoms with van der Waals surface area (Å²) >= 11 is 0. The maximum Gasteiger partial charge on any atom is 0.337 e. The molecule has 1 rings (SSSR count). The molecular formula is C9H8F2O3. The number of halogens is 2. The zero-order valence-corrected chi connectivity index (χ0v) is 7.42. The van der Waals surface area contributed by atoms with Crippen LogP contribution in [0.2, 0.25) is 0 Å². The van der Waals surface area contributed by atoms with E-state index in [1.165, 1.54) is 7.11 Å². The Balaban J connectivity index is 2.75. The Morgan fingerprint density at radius 1 is 1.43 bits per heavy atom. The highest BCUT2D eigenvalue weighted by Crippen LogP contribution is 2.17. The van der Waals surface area contributed by atoms with Crippen molar-refractivity contribution in [2.24, 2.45) is 0 Å². The summed E-state index contributed by atoms with van der Waals surface area (Å²) in [5.41, 5.74) is 0.